The quantitative estimate of drug-likeness (QED) is 0.745. The summed E-state index contributed by atoms with van der Waals surface area (Å²) < 4.78 is 2.15. The highest BCUT2D eigenvalue weighted by molar-refractivity contribution is 5.59. The number of hydrogen-bond donors (Lipinski definition) is 0. The van der Waals surface area contributed by atoms with Crippen LogP contribution in [0.1, 0.15) is 44.9 Å². The Morgan fingerprint density at radius 3 is 2.32 bits per heavy atom. The van der Waals surface area contributed by atoms with Crippen molar-refractivity contribution in [3.8, 4) is 11.3 Å². The zero-order valence-electron chi connectivity index (χ0n) is 12.3. The Labute approximate surface area is 116 Å². The van der Waals surface area contributed by atoms with Crippen molar-refractivity contribution in [3.05, 3.63) is 41.6 Å². The van der Waals surface area contributed by atoms with Gasteiger partial charge in [0.2, 0.25) is 0 Å². The second-order valence-corrected chi connectivity index (χ2v) is 5.04. The zero-order valence-corrected chi connectivity index (χ0v) is 12.3. The molecule has 19 heavy (non-hydrogen) atoms. The van der Waals surface area contributed by atoms with Crippen LogP contribution in [-0.4, -0.2) is 9.78 Å². The second-order valence-electron chi connectivity index (χ2n) is 5.04. The lowest BCUT2D eigenvalue weighted by Gasteiger charge is -2.02. The molecule has 0 amide bonds. The molecule has 0 saturated carbocycles. The predicted octanol–water partition coefficient (Wildman–Crippen LogP) is 4.48. The first-order valence-electron chi connectivity index (χ1n) is 7.44. The van der Waals surface area contributed by atoms with Gasteiger partial charge in [-0.2, -0.15) is 5.10 Å². The molecule has 1 aromatic carbocycles. The Bertz CT molecular complexity index is 509. The van der Waals surface area contributed by atoms with Crippen molar-refractivity contribution in [1.82, 2.24) is 9.78 Å². The molecule has 2 nitrogen and oxygen atoms in total. The number of hydrogen-bond acceptors (Lipinski definition) is 1. The highest BCUT2D eigenvalue weighted by Crippen LogP contribution is 2.21. The lowest BCUT2D eigenvalue weighted by molar-refractivity contribution is 0.579. The van der Waals surface area contributed by atoms with E-state index in [9.17, 15) is 0 Å². The van der Waals surface area contributed by atoms with Crippen LogP contribution in [0.4, 0.5) is 0 Å². The molecule has 2 heteroatoms. The average molecular weight is 256 g/mol. The Kier molecular flexibility index (Phi) is 4.78. The first kappa shape index (κ1) is 13.9. The summed E-state index contributed by atoms with van der Waals surface area (Å²) in [4.78, 5) is 0. The summed E-state index contributed by atoms with van der Waals surface area (Å²) >= 11 is 0. The number of nitrogens with zero attached hydrogens (tertiary/aromatic N) is 2. The van der Waals surface area contributed by atoms with E-state index in [2.05, 4.69) is 55.8 Å². The summed E-state index contributed by atoms with van der Waals surface area (Å²) in [5, 5.41) is 4.73. The summed E-state index contributed by atoms with van der Waals surface area (Å²) in [7, 11) is 0. The van der Waals surface area contributed by atoms with Crippen LogP contribution in [0.2, 0.25) is 0 Å². The van der Waals surface area contributed by atoms with Gasteiger partial charge in [-0.15, -0.1) is 0 Å². The van der Waals surface area contributed by atoms with Crippen LogP contribution in [-0.2, 0) is 19.4 Å². The van der Waals surface area contributed by atoms with Gasteiger partial charge in [0.25, 0.3) is 0 Å². The van der Waals surface area contributed by atoms with Crippen molar-refractivity contribution in [3.63, 3.8) is 0 Å². The van der Waals surface area contributed by atoms with Crippen LogP contribution in [0, 0.1) is 0 Å². The molecular weight excluding hydrogens is 232 g/mol. The third-order valence-electron chi connectivity index (χ3n) is 3.45. The van der Waals surface area contributed by atoms with Crippen LogP contribution in [0.5, 0.6) is 0 Å². The molecule has 0 unspecified atom stereocenters. The molecule has 0 aliphatic carbocycles. The van der Waals surface area contributed by atoms with E-state index in [4.69, 9.17) is 5.10 Å². The molecule has 0 N–H and O–H groups in total. The standard InChI is InChI=1S/C17H24N2/c1-4-7-14-8-10-15(11-9-14)17-13-16(6-3)19(18-17)12-5-2/h8-11,13H,4-7,12H2,1-3H3. The van der Waals surface area contributed by atoms with Crippen LogP contribution in [0.3, 0.4) is 0 Å². The maximum Gasteiger partial charge on any atom is 0.0926 e. The third kappa shape index (κ3) is 3.25. The van der Waals surface area contributed by atoms with Gasteiger partial charge in [-0.05, 0) is 30.9 Å². The van der Waals surface area contributed by atoms with Gasteiger partial charge in [0.1, 0.15) is 0 Å². The second kappa shape index (κ2) is 6.55. The highest BCUT2D eigenvalue weighted by Gasteiger charge is 2.07. The van der Waals surface area contributed by atoms with Crippen molar-refractivity contribution < 1.29 is 0 Å². The molecule has 0 aliphatic rings. The molecule has 0 bridgehead atoms. The molecule has 0 spiro atoms. The fraction of sp³-hybridized carbons (Fsp3) is 0.471. The van der Waals surface area contributed by atoms with Crippen molar-refractivity contribution >= 4 is 0 Å². The number of aromatic nitrogens is 2. The minimum Gasteiger partial charge on any atom is -0.269 e. The lowest BCUT2D eigenvalue weighted by Crippen LogP contribution is -2.03. The SMILES string of the molecule is CCCc1ccc(-c2cc(CC)n(CCC)n2)cc1. The number of benzene rings is 1. The molecule has 1 heterocycles. The molecule has 0 aliphatic heterocycles. The van der Waals surface area contributed by atoms with Crippen LogP contribution in [0.25, 0.3) is 11.3 Å². The van der Waals surface area contributed by atoms with Crippen LogP contribution >= 0.6 is 0 Å². The first-order valence-corrected chi connectivity index (χ1v) is 7.44. The molecule has 2 rings (SSSR count). The fourth-order valence-electron chi connectivity index (χ4n) is 2.42. The topological polar surface area (TPSA) is 17.8 Å². The largest absolute Gasteiger partial charge is 0.269 e. The average Bonchev–Trinajstić information content (AvgIpc) is 2.84. The number of rotatable bonds is 6. The van der Waals surface area contributed by atoms with E-state index in [0.717, 1.165) is 31.5 Å². The van der Waals surface area contributed by atoms with E-state index < -0.39 is 0 Å². The summed E-state index contributed by atoms with van der Waals surface area (Å²) in [6.07, 6.45) is 4.53. The first-order chi connectivity index (χ1) is 9.28. The Morgan fingerprint density at radius 2 is 1.74 bits per heavy atom. The van der Waals surface area contributed by atoms with Crippen LogP contribution in [0.15, 0.2) is 30.3 Å². The van der Waals surface area contributed by atoms with Crippen molar-refractivity contribution in [2.75, 3.05) is 0 Å². The molecule has 0 atom stereocenters. The minimum atomic E-state index is 1.01. The maximum absolute atomic E-state index is 4.73. The lowest BCUT2D eigenvalue weighted by atomic mass is 10.1. The molecule has 1 aromatic heterocycles. The smallest absolute Gasteiger partial charge is 0.0926 e. The van der Waals surface area contributed by atoms with E-state index >= 15 is 0 Å². The van der Waals surface area contributed by atoms with Gasteiger partial charge in [-0.3, -0.25) is 4.68 Å². The van der Waals surface area contributed by atoms with Gasteiger partial charge in [-0.25, -0.2) is 0 Å². The van der Waals surface area contributed by atoms with E-state index in [0.29, 0.717) is 0 Å². The van der Waals surface area contributed by atoms with Gasteiger partial charge < -0.3 is 0 Å². The molecule has 2 aromatic rings. The minimum absolute atomic E-state index is 1.01. The van der Waals surface area contributed by atoms with E-state index in [-0.39, 0.29) is 0 Å². The van der Waals surface area contributed by atoms with Crippen molar-refractivity contribution in [1.29, 1.82) is 0 Å². The fourth-order valence-corrected chi connectivity index (χ4v) is 2.42. The van der Waals surface area contributed by atoms with Crippen LogP contribution < -0.4 is 0 Å². The number of aryl methyl sites for hydroxylation is 3. The summed E-state index contributed by atoms with van der Waals surface area (Å²) in [6, 6.07) is 11.1. The Hall–Kier alpha value is -1.57. The molecule has 0 fully saturated rings. The van der Waals surface area contributed by atoms with Crippen molar-refractivity contribution in [2.24, 2.45) is 0 Å². The molecular formula is C17H24N2. The summed E-state index contributed by atoms with van der Waals surface area (Å²) in [6.45, 7) is 7.61. The van der Waals surface area contributed by atoms with Gasteiger partial charge in [-0.1, -0.05) is 51.5 Å². The summed E-state index contributed by atoms with van der Waals surface area (Å²) in [5.41, 5.74) is 5.07. The molecule has 102 valence electrons. The zero-order chi connectivity index (χ0) is 13.7. The van der Waals surface area contributed by atoms with Gasteiger partial charge in [0, 0.05) is 17.8 Å². The third-order valence-corrected chi connectivity index (χ3v) is 3.45. The molecule has 0 saturated heterocycles. The summed E-state index contributed by atoms with van der Waals surface area (Å²) in [5.74, 6) is 0. The monoisotopic (exact) mass is 256 g/mol. The van der Waals surface area contributed by atoms with E-state index in [1.165, 1.54) is 23.2 Å². The Morgan fingerprint density at radius 1 is 1.00 bits per heavy atom. The van der Waals surface area contributed by atoms with E-state index in [1.807, 2.05) is 0 Å². The highest BCUT2D eigenvalue weighted by atomic mass is 15.3. The Balaban J connectivity index is 2.25. The molecule has 0 radical (unpaired) electrons. The van der Waals surface area contributed by atoms with Gasteiger partial charge in [0.05, 0.1) is 5.69 Å². The van der Waals surface area contributed by atoms with E-state index in [1.54, 1.807) is 0 Å². The van der Waals surface area contributed by atoms with Gasteiger partial charge >= 0.3 is 0 Å². The van der Waals surface area contributed by atoms with Gasteiger partial charge in [0.15, 0.2) is 0 Å². The normalized spacial score (nSPS) is 10.9. The van der Waals surface area contributed by atoms with Crippen molar-refractivity contribution in [2.45, 2.75) is 53.0 Å². The predicted molar refractivity (Wildman–Crippen MR) is 81.3 cm³/mol. The maximum atomic E-state index is 4.73.